The zero-order chi connectivity index (χ0) is 13.4. The summed E-state index contributed by atoms with van der Waals surface area (Å²) in [5, 5.41) is 3.28. The van der Waals surface area contributed by atoms with Gasteiger partial charge < -0.3 is 10.1 Å². The van der Waals surface area contributed by atoms with Gasteiger partial charge in [0.1, 0.15) is 5.75 Å². The molecule has 0 aliphatic rings. The normalized spacial score (nSPS) is 12.4. The number of aryl methyl sites for hydroxylation is 1. The smallest absolute Gasteiger partial charge is 0.124 e. The Morgan fingerprint density at radius 3 is 2.83 bits per heavy atom. The molecule has 0 amide bonds. The van der Waals surface area contributed by atoms with Crippen LogP contribution in [0.25, 0.3) is 0 Å². The molecule has 0 bridgehead atoms. The number of hydrogen-bond donors (Lipinski definition) is 1. The number of nitrogens with one attached hydrogen (secondary N) is 1. The maximum absolute atomic E-state index is 5.91. The first-order chi connectivity index (χ1) is 8.69. The Labute approximate surface area is 116 Å². The van der Waals surface area contributed by atoms with Gasteiger partial charge >= 0.3 is 0 Å². The molecule has 0 spiro atoms. The highest BCUT2D eigenvalue weighted by molar-refractivity contribution is 7.99. The van der Waals surface area contributed by atoms with E-state index >= 15 is 0 Å². The number of hydrogen-bond acceptors (Lipinski definition) is 3. The van der Waals surface area contributed by atoms with Crippen LogP contribution in [0.1, 0.15) is 37.4 Å². The summed E-state index contributed by atoms with van der Waals surface area (Å²) in [7, 11) is 1.98. The van der Waals surface area contributed by atoms with E-state index in [1.165, 1.54) is 22.6 Å². The highest BCUT2D eigenvalue weighted by atomic mass is 32.2. The first-order valence-corrected chi connectivity index (χ1v) is 7.82. The molecule has 0 aromatic heterocycles. The number of benzene rings is 1. The van der Waals surface area contributed by atoms with E-state index in [2.05, 4.69) is 44.3 Å². The van der Waals surface area contributed by atoms with Crippen LogP contribution in [0.4, 0.5) is 0 Å². The third-order valence-electron chi connectivity index (χ3n) is 2.96. The van der Waals surface area contributed by atoms with Gasteiger partial charge in [-0.15, -0.1) is 0 Å². The molecule has 0 heterocycles. The van der Waals surface area contributed by atoms with Crippen molar-refractivity contribution in [1.29, 1.82) is 0 Å². The first kappa shape index (κ1) is 15.4. The molecular formula is C15H25NOS. The van der Waals surface area contributed by atoms with Crippen LogP contribution in [0, 0.1) is 6.92 Å². The summed E-state index contributed by atoms with van der Waals surface area (Å²) in [5.41, 5.74) is 2.53. The molecule has 0 saturated carbocycles. The van der Waals surface area contributed by atoms with Crippen molar-refractivity contribution < 1.29 is 4.74 Å². The molecule has 2 nitrogen and oxygen atoms in total. The monoisotopic (exact) mass is 267 g/mol. The average molecular weight is 267 g/mol. The third kappa shape index (κ3) is 4.91. The molecule has 0 radical (unpaired) electrons. The maximum atomic E-state index is 5.91. The Hall–Kier alpha value is -0.670. The molecule has 1 N–H and O–H groups in total. The van der Waals surface area contributed by atoms with Crippen LogP contribution in [0.3, 0.4) is 0 Å². The van der Waals surface area contributed by atoms with E-state index in [0.717, 1.165) is 18.8 Å². The number of thioether (sulfide) groups is 1. The van der Waals surface area contributed by atoms with E-state index in [9.17, 15) is 0 Å². The Bertz CT molecular complexity index is 354. The Kier molecular flexibility index (Phi) is 7.21. The fourth-order valence-electron chi connectivity index (χ4n) is 1.78. The lowest BCUT2D eigenvalue weighted by Crippen LogP contribution is -2.14. The van der Waals surface area contributed by atoms with Crippen LogP contribution in [-0.4, -0.2) is 25.2 Å². The van der Waals surface area contributed by atoms with E-state index in [-0.39, 0.29) is 0 Å². The van der Waals surface area contributed by atoms with Gasteiger partial charge in [-0.1, -0.05) is 24.6 Å². The molecular weight excluding hydrogens is 242 g/mol. The highest BCUT2D eigenvalue weighted by Crippen LogP contribution is 2.26. The minimum absolute atomic E-state index is 0.324. The van der Waals surface area contributed by atoms with E-state index in [4.69, 9.17) is 4.74 Å². The first-order valence-electron chi connectivity index (χ1n) is 6.67. The lowest BCUT2D eigenvalue weighted by Gasteiger charge is -2.17. The molecule has 102 valence electrons. The lowest BCUT2D eigenvalue weighted by molar-refractivity contribution is 0.312. The van der Waals surface area contributed by atoms with Gasteiger partial charge in [-0.05, 0) is 44.9 Å². The maximum Gasteiger partial charge on any atom is 0.124 e. The predicted octanol–water partition coefficient (Wildman–Crippen LogP) is 3.80. The van der Waals surface area contributed by atoms with E-state index in [1.54, 1.807) is 0 Å². The Morgan fingerprint density at radius 2 is 2.17 bits per heavy atom. The molecule has 18 heavy (non-hydrogen) atoms. The van der Waals surface area contributed by atoms with Crippen LogP contribution in [0.5, 0.6) is 5.75 Å². The van der Waals surface area contributed by atoms with Crippen molar-refractivity contribution in [1.82, 2.24) is 5.32 Å². The van der Waals surface area contributed by atoms with Crippen LogP contribution in [0.15, 0.2) is 18.2 Å². The van der Waals surface area contributed by atoms with Crippen LogP contribution in [-0.2, 0) is 0 Å². The SMILES string of the molecule is CCSCCCOc1ccc(C)cc1C(C)NC. The zero-order valence-corrected chi connectivity index (χ0v) is 12.8. The van der Waals surface area contributed by atoms with Crippen LogP contribution >= 0.6 is 11.8 Å². The van der Waals surface area contributed by atoms with E-state index < -0.39 is 0 Å². The Morgan fingerprint density at radius 1 is 1.39 bits per heavy atom. The average Bonchev–Trinajstić information content (AvgIpc) is 2.39. The molecule has 0 fully saturated rings. The fraction of sp³-hybridized carbons (Fsp3) is 0.600. The number of ether oxygens (including phenoxy) is 1. The fourth-order valence-corrected chi connectivity index (χ4v) is 2.39. The van der Waals surface area contributed by atoms with Gasteiger partial charge in [0.05, 0.1) is 6.61 Å². The van der Waals surface area contributed by atoms with Crippen LogP contribution < -0.4 is 10.1 Å². The van der Waals surface area contributed by atoms with E-state index in [1.807, 2.05) is 18.8 Å². The van der Waals surface area contributed by atoms with Gasteiger partial charge in [-0.3, -0.25) is 0 Å². The van der Waals surface area contributed by atoms with Crippen molar-refractivity contribution in [3.05, 3.63) is 29.3 Å². The largest absolute Gasteiger partial charge is 0.493 e. The Balaban J connectivity index is 2.58. The second kappa shape index (κ2) is 8.44. The standard InChI is InChI=1S/C15H25NOS/c1-5-18-10-6-9-17-15-8-7-12(2)11-14(15)13(3)16-4/h7-8,11,13,16H,5-6,9-10H2,1-4H3. The second-order valence-electron chi connectivity index (χ2n) is 4.45. The van der Waals surface area contributed by atoms with Crippen LogP contribution in [0.2, 0.25) is 0 Å². The van der Waals surface area contributed by atoms with Crippen molar-refractivity contribution in [2.45, 2.75) is 33.2 Å². The minimum Gasteiger partial charge on any atom is -0.493 e. The van der Waals surface area contributed by atoms with Crippen molar-refractivity contribution in [3.63, 3.8) is 0 Å². The lowest BCUT2D eigenvalue weighted by atomic mass is 10.0. The van der Waals surface area contributed by atoms with Gasteiger partial charge in [0, 0.05) is 11.6 Å². The minimum atomic E-state index is 0.324. The molecule has 1 aromatic rings. The molecule has 1 atom stereocenters. The predicted molar refractivity (Wildman–Crippen MR) is 81.8 cm³/mol. The molecule has 1 rings (SSSR count). The zero-order valence-electron chi connectivity index (χ0n) is 12.0. The second-order valence-corrected chi connectivity index (χ2v) is 5.84. The van der Waals surface area contributed by atoms with Crippen molar-refractivity contribution in [2.75, 3.05) is 25.2 Å². The highest BCUT2D eigenvalue weighted by Gasteiger charge is 2.10. The summed E-state index contributed by atoms with van der Waals surface area (Å²) >= 11 is 1.97. The summed E-state index contributed by atoms with van der Waals surface area (Å²) in [6.07, 6.45) is 1.11. The molecule has 0 aliphatic heterocycles. The topological polar surface area (TPSA) is 21.3 Å². The van der Waals surface area contributed by atoms with Crippen molar-refractivity contribution in [3.8, 4) is 5.75 Å². The summed E-state index contributed by atoms with van der Waals surface area (Å²) in [6, 6.07) is 6.73. The van der Waals surface area contributed by atoms with Gasteiger partial charge in [0.15, 0.2) is 0 Å². The summed E-state index contributed by atoms with van der Waals surface area (Å²) in [5.74, 6) is 3.38. The molecule has 0 saturated heterocycles. The third-order valence-corrected chi connectivity index (χ3v) is 3.95. The molecule has 0 aliphatic carbocycles. The van der Waals surface area contributed by atoms with Gasteiger partial charge in [-0.2, -0.15) is 11.8 Å². The quantitative estimate of drug-likeness (QED) is 0.724. The van der Waals surface area contributed by atoms with Gasteiger partial charge in [0.25, 0.3) is 0 Å². The molecule has 1 aromatic carbocycles. The summed E-state index contributed by atoms with van der Waals surface area (Å²) in [6.45, 7) is 7.28. The van der Waals surface area contributed by atoms with Gasteiger partial charge in [0.2, 0.25) is 0 Å². The summed E-state index contributed by atoms with van der Waals surface area (Å²) < 4.78 is 5.91. The van der Waals surface area contributed by atoms with Crippen molar-refractivity contribution >= 4 is 11.8 Å². The van der Waals surface area contributed by atoms with Gasteiger partial charge in [-0.25, -0.2) is 0 Å². The molecule has 1 unspecified atom stereocenters. The van der Waals surface area contributed by atoms with Crippen molar-refractivity contribution in [2.24, 2.45) is 0 Å². The van der Waals surface area contributed by atoms with E-state index in [0.29, 0.717) is 6.04 Å². The molecule has 3 heteroatoms. The summed E-state index contributed by atoms with van der Waals surface area (Å²) in [4.78, 5) is 0. The number of rotatable bonds is 8.